The topological polar surface area (TPSA) is 58.7 Å². The molecule has 2 atom stereocenters. The minimum Gasteiger partial charge on any atom is -0.497 e. The van der Waals surface area contributed by atoms with Gasteiger partial charge in [0.25, 0.3) is 0 Å². The molecule has 0 aliphatic carbocycles. The largest absolute Gasteiger partial charge is 0.497 e. The fourth-order valence-electron chi connectivity index (χ4n) is 2.71. The number of hydrogen-bond acceptors (Lipinski definition) is 5. The molecule has 142 valence electrons. The second kappa shape index (κ2) is 10.6. The molecule has 0 saturated heterocycles. The third-order valence-electron chi connectivity index (χ3n) is 4.06. The molecule has 0 heterocycles. The first-order valence-corrected chi connectivity index (χ1v) is 9.79. The summed E-state index contributed by atoms with van der Waals surface area (Å²) >= 11 is 1.65. The number of benzene rings is 2. The molecule has 0 fully saturated rings. The Hall–Kier alpha value is -1.53. The maximum Gasteiger partial charge on any atom is 0.118 e. The molecular weight excluding hydrogens is 344 g/mol. The van der Waals surface area contributed by atoms with Crippen molar-refractivity contribution in [2.24, 2.45) is 11.7 Å². The molecule has 3 N–H and O–H groups in total. The number of nitrogens with two attached hydrogens (primary N) is 1. The highest BCUT2D eigenvalue weighted by atomic mass is 32.2. The van der Waals surface area contributed by atoms with Crippen molar-refractivity contribution in [1.82, 2.24) is 4.31 Å². The number of aliphatic hydroxyl groups is 1. The minimum absolute atomic E-state index is 0.288. The van der Waals surface area contributed by atoms with Crippen molar-refractivity contribution < 1.29 is 9.84 Å². The third-order valence-corrected chi connectivity index (χ3v) is 5.10. The summed E-state index contributed by atoms with van der Waals surface area (Å²) in [5, 5.41) is 10.6. The van der Waals surface area contributed by atoms with Crippen molar-refractivity contribution in [3.8, 4) is 5.75 Å². The molecule has 0 bridgehead atoms. The average molecular weight is 375 g/mol. The van der Waals surface area contributed by atoms with Crippen LogP contribution in [0.3, 0.4) is 0 Å². The van der Waals surface area contributed by atoms with Crippen molar-refractivity contribution >= 4 is 11.9 Å². The Morgan fingerprint density at radius 1 is 1.04 bits per heavy atom. The zero-order valence-electron chi connectivity index (χ0n) is 15.8. The highest BCUT2D eigenvalue weighted by Gasteiger charge is 2.20. The first kappa shape index (κ1) is 20.8. The second-order valence-corrected chi connectivity index (χ2v) is 8.10. The third kappa shape index (κ3) is 7.00. The summed E-state index contributed by atoms with van der Waals surface area (Å²) < 4.78 is 7.41. The van der Waals surface area contributed by atoms with Crippen molar-refractivity contribution in [2.75, 3.05) is 20.2 Å². The van der Waals surface area contributed by atoms with Gasteiger partial charge in [0.05, 0.1) is 13.2 Å². The van der Waals surface area contributed by atoms with Gasteiger partial charge in [-0.3, -0.25) is 0 Å². The predicted molar refractivity (Wildman–Crippen MR) is 109 cm³/mol. The number of hydrogen-bond donors (Lipinski definition) is 2. The van der Waals surface area contributed by atoms with Crippen LogP contribution in [0.1, 0.15) is 19.4 Å². The molecule has 0 aliphatic heterocycles. The van der Waals surface area contributed by atoms with E-state index in [2.05, 4.69) is 18.2 Å². The number of nitrogens with zero attached hydrogens (tertiary/aromatic N) is 1. The van der Waals surface area contributed by atoms with Gasteiger partial charge in [-0.15, -0.1) is 0 Å². The number of aliphatic hydroxyl groups excluding tert-OH is 1. The van der Waals surface area contributed by atoms with Crippen LogP contribution in [-0.2, 0) is 6.42 Å². The first-order valence-electron chi connectivity index (χ1n) is 9.02. The van der Waals surface area contributed by atoms with Crippen LogP contribution in [0.2, 0.25) is 0 Å². The summed E-state index contributed by atoms with van der Waals surface area (Å²) in [5.41, 5.74) is 7.41. The molecule has 26 heavy (non-hydrogen) atoms. The predicted octanol–water partition coefficient (Wildman–Crippen LogP) is 3.59. The standard InChI is InChI=1S/C21H30N2O2S/c1-16(2)14-23(26-19-11-9-18(25-3)10-12-19)15-21(24)20(22)13-17-7-5-4-6-8-17/h4-12,16,20-21,24H,13-15,22H2,1-3H3/t20-,21+/m0/s1. The van der Waals surface area contributed by atoms with Crippen molar-refractivity contribution in [2.45, 2.75) is 37.3 Å². The Labute approximate surface area is 161 Å². The van der Waals surface area contributed by atoms with Crippen LogP contribution in [0.5, 0.6) is 5.75 Å². The van der Waals surface area contributed by atoms with Crippen LogP contribution in [0.25, 0.3) is 0 Å². The van der Waals surface area contributed by atoms with Gasteiger partial charge in [0.2, 0.25) is 0 Å². The summed E-state index contributed by atoms with van der Waals surface area (Å²) in [6.45, 7) is 5.77. The van der Waals surface area contributed by atoms with Crippen LogP contribution in [0.15, 0.2) is 59.5 Å². The lowest BCUT2D eigenvalue weighted by Gasteiger charge is -2.28. The van der Waals surface area contributed by atoms with Crippen LogP contribution >= 0.6 is 11.9 Å². The van der Waals surface area contributed by atoms with Crippen molar-refractivity contribution in [3.63, 3.8) is 0 Å². The Balaban J connectivity index is 1.96. The quantitative estimate of drug-likeness (QED) is 0.623. The van der Waals surface area contributed by atoms with E-state index >= 15 is 0 Å². The summed E-state index contributed by atoms with van der Waals surface area (Å²) in [6.07, 6.45) is 0.0877. The van der Waals surface area contributed by atoms with Gasteiger partial charge in [-0.1, -0.05) is 44.2 Å². The molecule has 2 aromatic rings. The van der Waals surface area contributed by atoms with Crippen LogP contribution in [0.4, 0.5) is 0 Å². The monoisotopic (exact) mass is 374 g/mol. The van der Waals surface area contributed by atoms with E-state index in [0.29, 0.717) is 18.9 Å². The maximum absolute atomic E-state index is 10.6. The zero-order valence-corrected chi connectivity index (χ0v) is 16.7. The normalized spacial score (nSPS) is 13.8. The van der Waals surface area contributed by atoms with E-state index in [4.69, 9.17) is 10.5 Å². The number of ether oxygens (including phenoxy) is 1. The van der Waals surface area contributed by atoms with E-state index in [1.807, 2.05) is 54.6 Å². The SMILES string of the molecule is COc1ccc(SN(CC(C)C)C[C@@H](O)[C@@H](N)Cc2ccccc2)cc1. The molecule has 0 unspecified atom stereocenters. The number of rotatable bonds is 10. The molecule has 4 nitrogen and oxygen atoms in total. The lowest BCUT2D eigenvalue weighted by molar-refractivity contribution is 0.119. The van der Waals surface area contributed by atoms with Gasteiger partial charge in [0, 0.05) is 24.0 Å². The van der Waals surface area contributed by atoms with E-state index < -0.39 is 6.10 Å². The van der Waals surface area contributed by atoms with E-state index in [9.17, 15) is 5.11 Å². The Morgan fingerprint density at radius 2 is 1.69 bits per heavy atom. The molecular formula is C21H30N2O2S. The lowest BCUT2D eigenvalue weighted by atomic mass is 10.0. The van der Waals surface area contributed by atoms with E-state index in [0.717, 1.165) is 22.8 Å². The minimum atomic E-state index is -0.584. The summed E-state index contributed by atoms with van der Waals surface area (Å²) in [5.74, 6) is 1.34. The molecule has 2 aromatic carbocycles. The average Bonchev–Trinajstić information content (AvgIpc) is 2.62. The first-order chi connectivity index (χ1) is 12.5. The fraction of sp³-hybridized carbons (Fsp3) is 0.429. The Kier molecular flexibility index (Phi) is 8.45. The zero-order chi connectivity index (χ0) is 18.9. The smallest absolute Gasteiger partial charge is 0.118 e. The summed E-state index contributed by atoms with van der Waals surface area (Å²) in [6, 6.07) is 17.8. The lowest BCUT2D eigenvalue weighted by Crippen LogP contribution is -2.43. The molecule has 0 amide bonds. The van der Waals surface area contributed by atoms with Crippen LogP contribution < -0.4 is 10.5 Å². The van der Waals surface area contributed by atoms with Crippen LogP contribution in [-0.4, -0.2) is 41.8 Å². The van der Waals surface area contributed by atoms with Crippen molar-refractivity contribution in [3.05, 3.63) is 60.2 Å². The number of methoxy groups -OCH3 is 1. The highest BCUT2D eigenvalue weighted by molar-refractivity contribution is 7.97. The Bertz CT molecular complexity index is 634. The second-order valence-electron chi connectivity index (χ2n) is 6.93. The molecule has 0 saturated carbocycles. The fourth-order valence-corrected chi connectivity index (χ4v) is 3.86. The van der Waals surface area contributed by atoms with Gasteiger partial charge < -0.3 is 15.6 Å². The molecule has 0 radical (unpaired) electrons. The van der Waals surface area contributed by atoms with Gasteiger partial charge in [0.15, 0.2) is 0 Å². The van der Waals surface area contributed by atoms with Crippen LogP contribution in [0, 0.1) is 5.92 Å². The Morgan fingerprint density at radius 3 is 2.27 bits per heavy atom. The van der Waals surface area contributed by atoms with E-state index in [1.165, 1.54) is 0 Å². The van der Waals surface area contributed by atoms with E-state index in [-0.39, 0.29) is 6.04 Å². The van der Waals surface area contributed by atoms with Crippen molar-refractivity contribution in [1.29, 1.82) is 0 Å². The van der Waals surface area contributed by atoms with Gasteiger partial charge >= 0.3 is 0 Å². The maximum atomic E-state index is 10.6. The highest BCUT2D eigenvalue weighted by Crippen LogP contribution is 2.26. The molecule has 5 heteroatoms. The van der Waals surface area contributed by atoms with Gasteiger partial charge in [-0.2, -0.15) is 0 Å². The molecule has 0 aliphatic rings. The molecule has 0 spiro atoms. The summed E-state index contributed by atoms with van der Waals surface area (Å²) in [7, 11) is 1.66. The molecule has 0 aromatic heterocycles. The van der Waals surface area contributed by atoms with Gasteiger partial charge in [0.1, 0.15) is 5.75 Å². The van der Waals surface area contributed by atoms with Gasteiger partial charge in [-0.05, 0) is 54.1 Å². The van der Waals surface area contributed by atoms with Gasteiger partial charge in [-0.25, -0.2) is 4.31 Å². The summed E-state index contributed by atoms with van der Waals surface area (Å²) in [4.78, 5) is 1.12. The molecule has 2 rings (SSSR count). The van der Waals surface area contributed by atoms with E-state index in [1.54, 1.807) is 19.1 Å².